The van der Waals surface area contributed by atoms with Crippen molar-refractivity contribution >= 4 is 17.2 Å². The van der Waals surface area contributed by atoms with Gasteiger partial charge in [-0.1, -0.05) is 44.2 Å². The highest BCUT2D eigenvalue weighted by Crippen LogP contribution is 2.25. The fourth-order valence-corrected chi connectivity index (χ4v) is 3.49. The minimum atomic E-state index is -0.298. The number of thiazole rings is 1. The van der Waals surface area contributed by atoms with Crippen LogP contribution in [0, 0.1) is 0 Å². The van der Waals surface area contributed by atoms with Crippen LogP contribution in [-0.4, -0.2) is 20.4 Å². The van der Waals surface area contributed by atoms with Crippen molar-refractivity contribution in [2.45, 2.75) is 39.3 Å². The summed E-state index contributed by atoms with van der Waals surface area (Å²) < 4.78 is 1.94. The summed E-state index contributed by atoms with van der Waals surface area (Å²) in [5, 5.41) is 3.03. The van der Waals surface area contributed by atoms with Crippen molar-refractivity contribution in [3.8, 4) is 11.3 Å². The van der Waals surface area contributed by atoms with Crippen LogP contribution in [0.2, 0.25) is 0 Å². The SMILES string of the molecule is CC(C)c1nccn1C(C)C(=O)NCc1scnc1-c1ccccc1. The summed E-state index contributed by atoms with van der Waals surface area (Å²) in [5.41, 5.74) is 3.82. The van der Waals surface area contributed by atoms with Crippen molar-refractivity contribution in [3.05, 3.63) is 58.9 Å². The van der Waals surface area contributed by atoms with E-state index < -0.39 is 0 Å². The van der Waals surface area contributed by atoms with E-state index in [-0.39, 0.29) is 17.9 Å². The van der Waals surface area contributed by atoms with Crippen LogP contribution in [0.3, 0.4) is 0 Å². The van der Waals surface area contributed by atoms with E-state index in [1.807, 2.05) is 53.5 Å². The monoisotopic (exact) mass is 354 g/mol. The molecule has 2 aromatic heterocycles. The van der Waals surface area contributed by atoms with Crippen molar-refractivity contribution in [1.82, 2.24) is 19.9 Å². The molecule has 1 unspecified atom stereocenters. The Morgan fingerprint density at radius 3 is 2.68 bits per heavy atom. The molecule has 0 aliphatic heterocycles. The number of amides is 1. The third-order valence-electron chi connectivity index (χ3n) is 4.12. The predicted molar refractivity (Wildman–Crippen MR) is 100 cm³/mol. The van der Waals surface area contributed by atoms with Crippen LogP contribution in [0.5, 0.6) is 0 Å². The zero-order valence-electron chi connectivity index (χ0n) is 14.6. The van der Waals surface area contributed by atoms with Crippen LogP contribution in [0.15, 0.2) is 48.2 Å². The van der Waals surface area contributed by atoms with Gasteiger partial charge in [0.1, 0.15) is 11.9 Å². The van der Waals surface area contributed by atoms with Gasteiger partial charge in [0, 0.05) is 23.9 Å². The highest BCUT2D eigenvalue weighted by atomic mass is 32.1. The second-order valence-electron chi connectivity index (χ2n) is 6.23. The first-order valence-electron chi connectivity index (χ1n) is 8.36. The van der Waals surface area contributed by atoms with Gasteiger partial charge in [-0.15, -0.1) is 11.3 Å². The lowest BCUT2D eigenvalue weighted by Crippen LogP contribution is -2.31. The standard InChI is InChI=1S/C19H22N4OS/c1-13(2)18-20-9-10-23(18)14(3)19(24)21-11-16-17(22-12-25-16)15-7-5-4-6-8-15/h4-10,12-14H,11H2,1-3H3,(H,21,24). The Labute approximate surface area is 151 Å². The molecule has 0 fully saturated rings. The van der Waals surface area contributed by atoms with Crippen LogP contribution in [-0.2, 0) is 11.3 Å². The maximum atomic E-state index is 12.6. The summed E-state index contributed by atoms with van der Waals surface area (Å²) in [6, 6.07) is 9.73. The lowest BCUT2D eigenvalue weighted by molar-refractivity contribution is -0.124. The second-order valence-corrected chi connectivity index (χ2v) is 7.17. The zero-order chi connectivity index (χ0) is 17.8. The summed E-state index contributed by atoms with van der Waals surface area (Å²) >= 11 is 1.56. The lowest BCUT2D eigenvalue weighted by Gasteiger charge is -2.17. The molecule has 0 bridgehead atoms. The molecule has 0 aliphatic carbocycles. The maximum absolute atomic E-state index is 12.6. The van der Waals surface area contributed by atoms with Gasteiger partial charge in [-0.05, 0) is 6.92 Å². The molecular weight excluding hydrogens is 332 g/mol. The third-order valence-corrected chi connectivity index (χ3v) is 4.96. The van der Waals surface area contributed by atoms with Crippen LogP contribution < -0.4 is 5.32 Å². The van der Waals surface area contributed by atoms with Crippen molar-refractivity contribution in [2.75, 3.05) is 0 Å². The normalized spacial score (nSPS) is 12.3. The Morgan fingerprint density at radius 2 is 1.96 bits per heavy atom. The van der Waals surface area contributed by atoms with E-state index in [4.69, 9.17) is 0 Å². The first kappa shape index (κ1) is 17.4. The Kier molecular flexibility index (Phi) is 5.28. The largest absolute Gasteiger partial charge is 0.349 e. The number of nitrogens with one attached hydrogen (secondary N) is 1. The molecular formula is C19H22N4OS. The number of nitrogens with zero attached hydrogens (tertiary/aromatic N) is 3. The maximum Gasteiger partial charge on any atom is 0.243 e. The summed E-state index contributed by atoms with van der Waals surface area (Å²) in [6.07, 6.45) is 3.61. The minimum absolute atomic E-state index is 0.0210. The van der Waals surface area contributed by atoms with E-state index in [2.05, 4.69) is 29.1 Å². The number of rotatable bonds is 6. The molecule has 0 saturated carbocycles. The van der Waals surface area contributed by atoms with E-state index in [9.17, 15) is 4.79 Å². The lowest BCUT2D eigenvalue weighted by atomic mass is 10.1. The fourth-order valence-electron chi connectivity index (χ4n) is 2.77. The molecule has 1 atom stereocenters. The molecule has 1 N–H and O–H groups in total. The molecule has 0 radical (unpaired) electrons. The van der Waals surface area contributed by atoms with E-state index in [0.717, 1.165) is 22.0 Å². The molecule has 0 saturated heterocycles. The highest BCUT2D eigenvalue weighted by Gasteiger charge is 2.19. The van der Waals surface area contributed by atoms with Gasteiger partial charge in [0.15, 0.2) is 0 Å². The number of aromatic nitrogens is 3. The predicted octanol–water partition coefficient (Wildman–Crippen LogP) is 4.01. The highest BCUT2D eigenvalue weighted by molar-refractivity contribution is 7.10. The number of hydrogen-bond donors (Lipinski definition) is 1. The van der Waals surface area contributed by atoms with Gasteiger partial charge in [0.2, 0.25) is 5.91 Å². The number of imidazole rings is 1. The van der Waals surface area contributed by atoms with E-state index in [1.54, 1.807) is 17.5 Å². The van der Waals surface area contributed by atoms with Crippen molar-refractivity contribution in [2.24, 2.45) is 0 Å². The quantitative estimate of drug-likeness (QED) is 0.728. The molecule has 3 rings (SSSR count). The number of benzene rings is 1. The second kappa shape index (κ2) is 7.61. The van der Waals surface area contributed by atoms with Gasteiger partial charge in [0.25, 0.3) is 0 Å². The van der Waals surface area contributed by atoms with Gasteiger partial charge in [-0.2, -0.15) is 0 Å². The van der Waals surface area contributed by atoms with Gasteiger partial charge >= 0.3 is 0 Å². The average Bonchev–Trinajstić information content (AvgIpc) is 3.28. The average molecular weight is 354 g/mol. The van der Waals surface area contributed by atoms with E-state index >= 15 is 0 Å². The van der Waals surface area contributed by atoms with E-state index in [0.29, 0.717) is 6.54 Å². The Bertz CT molecular complexity index is 838. The van der Waals surface area contributed by atoms with Crippen molar-refractivity contribution < 1.29 is 4.79 Å². The molecule has 5 nitrogen and oxygen atoms in total. The van der Waals surface area contributed by atoms with Gasteiger partial charge in [0.05, 0.1) is 22.6 Å². The topological polar surface area (TPSA) is 59.8 Å². The fraction of sp³-hybridized carbons (Fsp3) is 0.316. The molecule has 0 spiro atoms. The molecule has 6 heteroatoms. The first-order chi connectivity index (χ1) is 12.1. The van der Waals surface area contributed by atoms with Crippen LogP contribution in [0.25, 0.3) is 11.3 Å². The van der Waals surface area contributed by atoms with Gasteiger partial charge < -0.3 is 9.88 Å². The molecule has 0 aliphatic rings. The number of carbonyl (C=O) groups excluding carboxylic acids is 1. The third kappa shape index (κ3) is 3.79. The summed E-state index contributed by atoms with van der Waals surface area (Å²) in [4.78, 5) is 22.4. The Morgan fingerprint density at radius 1 is 1.20 bits per heavy atom. The number of carbonyl (C=O) groups is 1. The van der Waals surface area contributed by atoms with Crippen molar-refractivity contribution in [1.29, 1.82) is 0 Å². The molecule has 1 aromatic carbocycles. The molecule has 130 valence electrons. The summed E-state index contributed by atoms with van der Waals surface area (Å²) in [6.45, 7) is 6.53. The molecule has 1 amide bonds. The first-order valence-corrected chi connectivity index (χ1v) is 9.24. The molecule has 3 aromatic rings. The molecule has 25 heavy (non-hydrogen) atoms. The van der Waals surface area contributed by atoms with Gasteiger partial charge in [-0.25, -0.2) is 9.97 Å². The van der Waals surface area contributed by atoms with Crippen LogP contribution >= 0.6 is 11.3 Å². The van der Waals surface area contributed by atoms with Gasteiger partial charge in [-0.3, -0.25) is 4.79 Å². The Hall–Kier alpha value is -2.47. The van der Waals surface area contributed by atoms with E-state index in [1.165, 1.54) is 0 Å². The zero-order valence-corrected chi connectivity index (χ0v) is 15.5. The van der Waals surface area contributed by atoms with Crippen LogP contribution in [0.1, 0.15) is 43.4 Å². The Balaban J connectivity index is 1.69. The van der Waals surface area contributed by atoms with Crippen molar-refractivity contribution in [3.63, 3.8) is 0 Å². The smallest absolute Gasteiger partial charge is 0.243 e. The number of hydrogen-bond acceptors (Lipinski definition) is 4. The molecule has 2 heterocycles. The van der Waals surface area contributed by atoms with Crippen LogP contribution in [0.4, 0.5) is 0 Å². The summed E-state index contributed by atoms with van der Waals surface area (Å²) in [7, 11) is 0. The summed E-state index contributed by atoms with van der Waals surface area (Å²) in [5.74, 6) is 1.18. The minimum Gasteiger partial charge on any atom is -0.349 e.